The third-order valence-electron chi connectivity index (χ3n) is 3.55. The summed E-state index contributed by atoms with van der Waals surface area (Å²) >= 11 is 0. The second-order valence-electron chi connectivity index (χ2n) is 4.91. The first-order chi connectivity index (χ1) is 8.55. The lowest BCUT2D eigenvalue weighted by atomic mass is 10.1. The van der Waals surface area contributed by atoms with Crippen LogP contribution in [-0.4, -0.2) is 36.4 Å². The molecule has 0 radical (unpaired) electrons. The number of H-pyrrole nitrogens is 1. The van der Waals surface area contributed by atoms with Gasteiger partial charge in [-0.2, -0.15) is 0 Å². The number of hydrogen-bond acceptors (Lipinski definition) is 5. The molecule has 0 aliphatic carbocycles. The van der Waals surface area contributed by atoms with E-state index in [0.717, 1.165) is 19.4 Å². The van der Waals surface area contributed by atoms with Crippen LogP contribution in [0, 0.1) is 0 Å². The summed E-state index contributed by atoms with van der Waals surface area (Å²) in [6.07, 6.45) is 2.20. The molecule has 0 bridgehead atoms. The van der Waals surface area contributed by atoms with Crippen LogP contribution in [0.3, 0.4) is 0 Å². The van der Waals surface area contributed by atoms with Crippen LogP contribution in [0.25, 0.3) is 0 Å². The fourth-order valence-electron chi connectivity index (χ4n) is 2.57. The van der Waals surface area contributed by atoms with Crippen molar-refractivity contribution in [1.29, 1.82) is 0 Å². The maximum absolute atomic E-state index is 11.9. The van der Waals surface area contributed by atoms with Gasteiger partial charge in [0.2, 0.25) is 0 Å². The average Bonchev–Trinajstić information content (AvgIpc) is 2.70. The van der Waals surface area contributed by atoms with Gasteiger partial charge in [0.05, 0.1) is 17.1 Å². The highest BCUT2D eigenvalue weighted by molar-refractivity contribution is 7.91. The van der Waals surface area contributed by atoms with Gasteiger partial charge in [0, 0.05) is 12.5 Å². The maximum Gasteiger partial charge on any atom is 0.256 e. The highest BCUT2D eigenvalue weighted by Gasteiger charge is 2.31. The van der Waals surface area contributed by atoms with Crippen molar-refractivity contribution in [2.45, 2.75) is 25.2 Å². The van der Waals surface area contributed by atoms with Crippen LogP contribution in [-0.2, 0) is 16.3 Å². The van der Waals surface area contributed by atoms with Crippen molar-refractivity contribution >= 4 is 15.7 Å². The van der Waals surface area contributed by atoms with Crippen molar-refractivity contribution in [3.05, 3.63) is 21.7 Å². The highest BCUT2D eigenvalue weighted by atomic mass is 32.2. The van der Waals surface area contributed by atoms with Gasteiger partial charge < -0.3 is 10.3 Å². The lowest BCUT2D eigenvalue weighted by molar-refractivity contribution is 0.601. The second kappa shape index (κ2) is 4.08. The first kappa shape index (κ1) is 11.7. The number of fused-ring (bicyclic) bond motifs is 1. The van der Waals surface area contributed by atoms with E-state index in [4.69, 9.17) is 0 Å². The van der Waals surface area contributed by atoms with Crippen molar-refractivity contribution in [1.82, 2.24) is 9.97 Å². The van der Waals surface area contributed by atoms with Crippen LogP contribution < -0.4 is 10.9 Å². The highest BCUT2D eigenvalue weighted by Crippen LogP contribution is 2.27. The van der Waals surface area contributed by atoms with Crippen molar-refractivity contribution in [2.75, 3.05) is 23.4 Å². The van der Waals surface area contributed by atoms with E-state index in [0.29, 0.717) is 23.6 Å². The van der Waals surface area contributed by atoms with Crippen LogP contribution in [0.1, 0.15) is 30.1 Å². The molecule has 1 aromatic heterocycles. The van der Waals surface area contributed by atoms with E-state index in [2.05, 4.69) is 15.3 Å². The van der Waals surface area contributed by atoms with Crippen molar-refractivity contribution < 1.29 is 8.42 Å². The van der Waals surface area contributed by atoms with E-state index in [-0.39, 0.29) is 23.0 Å². The third-order valence-corrected chi connectivity index (χ3v) is 5.32. The summed E-state index contributed by atoms with van der Waals surface area (Å²) in [7, 11) is -2.96. The smallest absolute Gasteiger partial charge is 0.256 e. The minimum atomic E-state index is -2.96. The van der Waals surface area contributed by atoms with Crippen LogP contribution in [0.4, 0.5) is 5.82 Å². The van der Waals surface area contributed by atoms with E-state index in [1.807, 2.05) is 0 Å². The molecule has 1 saturated heterocycles. The zero-order chi connectivity index (χ0) is 12.8. The monoisotopic (exact) mass is 269 g/mol. The minimum absolute atomic E-state index is 0.0920. The quantitative estimate of drug-likeness (QED) is 0.750. The number of sulfone groups is 1. The van der Waals surface area contributed by atoms with Crippen LogP contribution in [0.2, 0.25) is 0 Å². The molecule has 2 N–H and O–H groups in total. The van der Waals surface area contributed by atoms with Gasteiger partial charge in [-0.15, -0.1) is 0 Å². The summed E-state index contributed by atoms with van der Waals surface area (Å²) < 4.78 is 22.9. The van der Waals surface area contributed by atoms with E-state index in [1.54, 1.807) is 0 Å². The normalized spacial score (nSPS) is 25.4. The molecule has 0 amide bonds. The molecule has 3 heterocycles. The molecule has 18 heavy (non-hydrogen) atoms. The number of anilines is 1. The zero-order valence-corrected chi connectivity index (χ0v) is 10.7. The lowest BCUT2D eigenvalue weighted by Gasteiger charge is -2.17. The summed E-state index contributed by atoms with van der Waals surface area (Å²) in [5.74, 6) is 1.25. The Morgan fingerprint density at radius 3 is 2.89 bits per heavy atom. The fraction of sp³-hybridized carbons (Fsp3) is 0.636. The van der Waals surface area contributed by atoms with Gasteiger partial charge >= 0.3 is 0 Å². The van der Waals surface area contributed by atoms with Gasteiger partial charge in [-0.25, -0.2) is 13.4 Å². The molecule has 1 aromatic rings. The molecule has 6 nitrogen and oxygen atoms in total. The molecule has 2 aliphatic heterocycles. The van der Waals surface area contributed by atoms with Gasteiger partial charge in [-0.05, 0) is 19.3 Å². The Labute approximate surface area is 105 Å². The first-order valence-corrected chi connectivity index (χ1v) is 7.95. The standard InChI is InChI=1S/C11H15N3O3S/c15-11-8-2-1-4-12-10(8)13-9(14-11)7-3-5-18(16,17)6-7/h7H,1-6H2,(H2,12,13,14,15). The summed E-state index contributed by atoms with van der Waals surface area (Å²) in [6, 6.07) is 0. The van der Waals surface area contributed by atoms with Gasteiger partial charge in [0.15, 0.2) is 9.84 Å². The summed E-state index contributed by atoms with van der Waals surface area (Å²) in [6.45, 7) is 0.811. The Bertz CT molecular complexity index is 635. The summed E-state index contributed by atoms with van der Waals surface area (Å²) in [5, 5.41) is 3.11. The molecule has 0 saturated carbocycles. The van der Waals surface area contributed by atoms with E-state index in [9.17, 15) is 13.2 Å². The molecule has 3 rings (SSSR count). The minimum Gasteiger partial charge on any atom is -0.370 e. The summed E-state index contributed by atoms with van der Waals surface area (Å²) in [5.41, 5.74) is 0.553. The van der Waals surface area contributed by atoms with E-state index >= 15 is 0 Å². The average molecular weight is 269 g/mol. The first-order valence-electron chi connectivity index (χ1n) is 6.12. The molecular weight excluding hydrogens is 254 g/mol. The van der Waals surface area contributed by atoms with Crippen molar-refractivity contribution in [3.63, 3.8) is 0 Å². The number of aromatic amines is 1. The summed E-state index contributed by atoms with van der Waals surface area (Å²) in [4.78, 5) is 19.1. The molecule has 7 heteroatoms. The molecule has 98 valence electrons. The van der Waals surface area contributed by atoms with E-state index < -0.39 is 9.84 Å². The SMILES string of the molecule is O=c1[nH]c(C2CCS(=O)(=O)C2)nc2c1CCCN2. The number of nitrogens with zero attached hydrogens (tertiary/aromatic N) is 1. The van der Waals surface area contributed by atoms with Crippen LogP contribution >= 0.6 is 0 Å². The Morgan fingerprint density at radius 2 is 2.17 bits per heavy atom. The van der Waals surface area contributed by atoms with Gasteiger partial charge in [-0.1, -0.05) is 0 Å². The number of rotatable bonds is 1. The van der Waals surface area contributed by atoms with E-state index in [1.165, 1.54) is 0 Å². The Balaban J connectivity index is 1.99. The Kier molecular flexibility index (Phi) is 2.65. The molecule has 0 spiro atoms. The van der Waals surface area contributed by atoms with Crippen molar-refractivity contribution in [3.8, 4) is 0 Å². The molecule has 1 atom stereocenters. The predicted molar refractivity (Wildman–Crippen MR) is 67.7 cm³/mol. The van der Waals surface area contributed by atoms with Crippen LogP contribution in [0.5, 0.6) is 0 Å². The largest absolute Gasteiger partial charge is 0.370 e. The number of nitrogens with one attached hydrogen (secondary N) is 2. The van der Waals surface area contributed by atoms with Gasteiger partial charge in [0.25, 0.3) is 5.56 Å². The predicted octanol–water partition coefficient (Wildman–Crippen LogP) is 0.0301. The number of aromatic nitrogens is 2. The van der Waals surface area contributed by atoms with Crippen LogP contribution in [0.15, 0.2) is 4.79 Å². The lowest BCUT2D eigenvalue weighted by Crippen LogP contribution is -2.26. The molecular formula is C11H15N3O3S. The third kappa shape index (κ3) is 2.03. The van der Waals surface area contributed by atoms with Gasteiger partial charge in [0.1, 0.15) is 11.6 Å². The number of hydrogen-bond donors (Lipinski definition) is 2. The zero-order valence-electron chi connectivity index (χ0n) is 9.90. The van der Waals surface area contributed by atoms with Crippen molar-refractivity contribution in [2.24, 2.45) is 0 Å². The second-order valence-corrected chi connectivity index (χ2v) is 7.14. The molecule has 1 fully saturated rings. The fourth-order valence-corrected chi connectivity index (χ4v) is 4.32. The topological polar surface area (TPSA) is 91.9 Å². The molecule has 0 aromatic carbocycles. The van der Waals surface area contributed by atoms with Gasteiger partial charge in [-0.3, -0.25) is 4.79 Å². The molecule has 2 aliphatic rings. The Hall–Kier alpha value is -1.37. The Morgan fingerprint density at radius 1 is 1.33 bits per heavy atom. The molecule has 1 unspecified atom stereocenters. The maximum atomic E-state index is 11.9.